The van der Waals surface area contributed by atoms with Crippen molar-refractivity contribution >= 4 is 29.3 Å². The van der Waals surface area contributed by atoms with Gasteiger partial charge in [0, 0.05) is 4.90 Å². The maximum absolute atomic E-state index is 12.3. The first-order valence-corrected chi connectivity index (χ1v) is 8.67. The highest BCUT2D eigenvalue weighted by Gasteiger charge is 2.24. The number of fused-ring (bicyclic) bond motifs is 1. The van der Waals surface area contributed by atoms with E-state index in [9.17, 15) is 9.59 Å². The van der Waals surface area contributed by atoms with Crippen molar-refractivity contribution < 1.29 is 14.3 Å². The van der Waals surface area contributed by atoms with Crippen molar-refractivity contribution in [2.45, 2.75) is 37.5 Å². The Labute approximate surface area is 145 Å². The van der Waals surface area contributed by atoms with Gasteiger partial charge in [0.1, 0.15) is 6.61 Å². The molecular weight excluding hydrogens is 322 g/mol. The second kappa shape index (κ2) is 6.69. The normalized spacial score (nSPS) is 16.3. The summed E-state index contributed by atoms with van der Waals surface area (Å²) in [5.41, 5.74) is 4.34. The van der Waals surface area contributed by atoms with Crippen LogP contribution in [0, 0.1) is 13.8 Å². The largest absolute Gasteiger partial charge is 0.457 e. The lowest BCUT2D eigenvalue weighted by Crippen LogP contribution is -2.26. The van der Waals surface area contributed by atoms with Gasteiger partial charge >= 0.3 is 5.97 Å². The first kappa shape index (κ1) is 16.6. The number of benzene rings is 2. The number of hydrogen-bond acceptors (Lipinski definition) is 4. The van der Waals surface area contributed by atoms with Crippen LogP contribution in [0.4, 0.5) is 5.69 Å². The van der Waals surface area contributed by atoms with Crippen molar-refractivity contribution in [1.29, 1.82) is 0 Å². The third kappa shape index (κ3) is 3.46. The van der Waals surface area contributed by atoms with E-state index in [1.165, 1.54) is 11.8 Å². The molecule has 0 aliphatic carbocycles. The molecule has 1 amide bonds. The van der Waals surface area contributed by atoms with Gasteiger partial charge in [0.25, 0.3) is 0 Å². The molecule has 124 valence electrons. The second-order valence-electron chi connectivity index (χ2n) is 5.97. The lowest BCUT2D eigenvalue weighted by Gasteiger charge is -2.21. The van der Waals surface area contributed by atoms with Gasteiger partial charge in [-0.05, 0) is 50.1 Å². The molecule has 24 heavy (non-hydrogen) atoms. The van der Waals surface area contributed by atoms with Crippen molar-refractivity contribution in [2.75, 3.05) is 5.32 Å². The van der Waals surface area contributed by atoms with E-state index >= 15 is 0 Å². The molecule has 0 spiro atoms. The Morgan fingerprint density at radius 3 is 2.79 bits per heavy atom. The first-order chi connectivity index (χ1) is 11.4. The summed E-state index contributed by atoms with van der Waals surface area (Å²) in [6, 6.07) is 11.3. The number of hydrogen-bond donors (Lipinski definition) is 1. The number of nitrogens with one attached hydrogen (secondary N) is 1. The summed E-state index contributed by atoms with van der Waals surface area (Å²) in [6.45, 7) is 6.10. The van der Waals surface area contributed by atoms with Crippen molar-refractivity contribution in [2.24, 2.45) is 0 Å². The Kier molecular flexibility index (Phi) is 4.62. The summed E-state index contributed by atoms with van der Waals surface area (Å²) in [5, 5.41) is 2.70. The Hall–Kier alpha value is -2.27. The van der Waals surface area contributed by atoms with Gasteiger partial charge in [-0.1, -0.05) is 23.8 Å². The molecule has 0 fully saturated rings. The minimum atomic E-state index is -0.392. The number of carbonyl (C=O) groups excluding carboxylic acids is 2. The third-order valence-electron chi connectivity index (χ3n) is 4.01. The van der Waals surface area contributed by atoms with Crippen molar-refractivity contribution in [3.05, 3.63) is 58.7 Å². The van der Waals surface area contributed by atoms with E-state index in [1.807, 2.05) is 45.0 Å². The summed E-state index contributed by atoms with van der Waals surface area (Å²) in [7, 11) is 0. The van der Waals surface area contributed by atoms with Crippen LogP contribution in [0.3, 0.4) is 0 Å². The lowest BCUT2D eigenvalue weighted by molar-refractivity contribution is -0.115. The molecule has 5 heteroatoms. The van der Waals surface area contributed by atoms with Crippen LogP contribution in [-0.2, 0) is 16.1 Å². The van der Waals surface area contributed by atoms with Gasteiger partial charge in [0.2, 0.25) is 5.91 Å². The van der Waals surface area contributed by atoms with Gasteiger partial charge in [-0.3, -0.25) is 4.79 Å². The molecule has 0 saturated carbocycles. The van der Waals surface area contributed by atoms with Gasteiger partial charge in [-0.2, -0.15) is 0 Å². The Balaban J connectivity index is 1.73. The molecule has 1 aliphatic heterocycles. The van der Waals surface area contributed by atoms with E-state index < -0.39 is 5.97 Å². The average molecular weight is 341 g/mol. The highest BCUT2D eigenvalue weighted by Crippen LogP contribution is 2.36. The van der Waals surface area contributed by atoms with Crippen LogP contribution in [0.5, 0.6) is 0 Å². The van der Waals surface area contributed by atoms with Gasteiger partial charge < -0.3 is 10.1 Å². The zero-order valence-corrected chi connectivity index (χ0v) is 14.7. The van der Waals surface area contributed by atoms with Gasteiger partial charge in [-0.25, -0.2) is 4.79 Å². The van der Waals surface area contributed by atoms with Crippen LogP contribution >= 0.6 is 11.8 Å². The van der Waals surface area contributed by atoms with E-state index in [1.54, 1.807) is 12.1 Å². The van der Waals surface area contributed by atoms with Crippen LogP contribution in [0.25, 0.3) is 0 Å². The Morgan fingerprint density at radius 2 is 2.00 bits per heavy atom. The molecular formula is C19H19NO3S. The van der Waals surface area contributed by atoms with Crippen molar-refractivity contribution in [3.63, 3.8) is 0 Å². The van der Waals surface area contributed by atoms with E-state index in [2.05, 4.69) is 5.32 Å². The maximum Gasteiger partial charge on any atom is 0.338 e. The summed E-state index contributed by atoms with van der Waals surface area (Å²) >= 11 is 1.49. The monoisotopic (exact) mass is 341 g/mol. The Bertz CT molecular complexity index is 816. The van der Waals surface area contributed by atoms with E-state index in [0.717, 1.165) is 21.6 Å². The van der Waals surface area contributed by atoms with E-state index in [4.69, 9.17) is 4.74 Å². The molecule has 3 rings (SSSR count). The summed E-state index contributed by atoms with van der Waals surface area (Å²) in [4.78, 5) is 25.0. The fourth-order valence-corrected chi connectivity index (χ4v) is 3.45. The predicted molar refractivity (Wildman–Crippen MR) is 95.4 cm³/mol. The summed E-state index contributed by atoms with van der Waals surface area (Å²) in [5.74, 6) is -0.440. The molecule has 1 N–H and O–H groups in total. The van der Waals surface area contributed by atoms with Gasteiger partial charge in [0.05, 0.1) is 16.5 Å². The molecule has 0 radical (unpaired) electrons. The molecule has 4 nitrogen and oxygen atoms in total. The maximum atomic E-state index is 12.3. The fourth-order valence-electron chi connectivity index (χ4n) is 2.52. The number of ether oxygens (including phenoxy) is 1. The van der Waals surface area contributed by atoms with E-state index in [0.29, 0.717) is 11.3 Å². The SMILES string of the molecule is Cc1ccc(C)c(COC(=O)c2ccc3c(c2)NC(=O)C(C)S3)c1. The number of thioether (sulfide) groups is 1. The number of aryl methyl sites for hydroxylation is 2. The number of anilines is 1. The number of amides is 1. The summed E-state index contributed by atoms with van der Waals surface area (Å²) < 4.78 is 5.43. The molecule has 1 atom stereocenters. The average Bonchev–Trinajstić information content (AvgIpc) is 2.56. The molecule has 1 heterocycles. The van der Waals surface area contributed by atoms with Crippen molar-refractivity contribution in [3.8, 4) is 0 Å². The topological polar surface area (TPSA) is 55.4 Å². The van der Waals surface area contributed by atoms with Crippen molar-refractivity contribution in [1.82, 2.24) is 0 Å². The van der Waals surface area contributed by atoms with Crippen LogP contribution in [0.1, 0.15) is 34.0 Å². The molecule has 0 aromatic heterocycles. The molecule has 2 aromatic carbocycles. The van der Waals surface area contributed by atoms with Crippen LogP contribution in [-0.4, -0.2) is 17.1 Å². The minimum absolute atomic E-state index is 0.0478. The number of carbonyl (C=O) groups is 2. The van der Waals surface area contributed by atoms with Gasteiger partial charge in [0.15, 0.2) is 0 Å². The molecule has 1 unspecified atom stereocenters. The highest BCUT2D eigenvalue weighted by atomic mass is 32.2. The predicted octanol–water partition coefficient (Wildman–Crippen LogP) is 4.09. The smallest absolute Gasteiger partial charge is 0.338 e. The number of esters is 1. The van der Waals surface area contributed by atoms with Crippen LogP contribution < -0.4 is 5.32 Å². The Morgan fingerprint density at radius 1 is 1.21 bits per heavy atom. The lowest BCUT2D eigenvalue weighted by atomic mass is 10.1. The van der Waals surface area contributed by atoms with E-state index in [-0.39, 0.29) is 17.8 Å². The third-order valence-corrected chi connectivity index (χ3v) is 5.19. The summed E-state index contributed by atoms with van der Waals surface area (Å²) in [6.07, 6.45) is 0. The standard InChI is InChI=1S/C19H19NO3S/c1-11-4-5-12(2)15(8-11)10-23-19(22)14-6-7-17-16(9-14)20-18(21)13(3)24-17/h4-9,13H,10H2,1-3H3,(H,20,21). The zero-order chi connectivity index (χ0) is 17.3. The fraction of sp³-hybridized carbons (Fsp3) is 0.263. The van der Waals surface area contributed by atoms with Gasteiger partial charge in [-0.15, -0.1) is 11.8 Å². The quantitative estimate of drug-likeness (QED) is 0.854. The number of rotatable bonds is 3. The molecule has 2 aromatic rings. The van der Waals surface area contributed by atoms with Crippen LogP contribution in [0.2, 0.25) is 0 Å². The van der Waals surface area contributed by atoms with Crippen LogP contribution in [0.15, 0.2) is 41.3 Å². The minimum Gasteiger partial charge on any atom is -0.457 e. The molecule has 1 aliphatic rings. The first-order valence-electron chi connectivity index (χ1n) is 7.79. The zero-order valence-electron chi connectivity index (χ0n) is 13.9. The highest BCUT2D eigenvalue weighted by molar-refractivity contribution is 8.00. The second-order valence-corrected chi connectivity index (χ2v) is 7.35. The molecule has 0 saturated heterocycles. The molecule has 0 bridgehead atoms.